The first-order valence-electron chi connectivity index (χ1n) is 6.53. The lowest BCUT2D eigenvalue weighted by Gasteiger charge is -2.29. The van der Waals surface area contributed by atoms with E-state index >= 15 is 0 Å². The molecule has 3 heteroatoms. The highest BCUT2D eigenvalue weighted by Gasteiger charge is 2.26. The zero-order valence-corrected chi connectivity index (χ0v) is 11.3. The molecular formula is C13H24ClNO. The average Bonchev–Trinajstić information content (AvgIpc) is 2.53. The monoisotopic (exact) mass is 245 g/mol. The lowest BCUT2D eigenvalue weighted by molar-refractivity contribution is -0.137. The Labute approximate surface area is 104 Å². The van der Waals surface area contributed by atoms with Crippen molar-refractivity contribution < 1.29 is 4.79 Å². The molecule has 94 valence electrons. The molecule has 1 aliphatic rings. The molecule has 0 aromatic heterocycles. The minimum absolute atomic E-state index is 0.258. The maximum Gasteiger partial charge on any atom is 0.225 e. The van der Waals surface area contributed by atoms with Crippen molar-refractivity contribution in [2.45, 2.75) is 58.4 Å². The van der Waals surface area contributed by atoms with Gasteiger partial charge in [0.2, 0.25) is 5.91 Å². The number of hydrogen-bond acceptors (Lipinski definition) is 1. The zero-order chi connectivity index (χ0) is 12.0. The molecule has 1 saturated carbocycles. The van der Waals surface area contributed by atoms with Gasteiger partial charge in [-0.25, -0.2) is 0 Å². The summed E-state index contributed by atoms with van der Waals surface area (Å²) >= 11 is 5.76. The Morgan fingerprint density at radius 3 is 2.25 bits per heavy atom. The van der Waals surface area contributed by atoms with Crippen molar-refractivity contribution in [3.8, 4) is 0 Å². The third kappa shape index (κ3) is 3.97. The second-order valence-corrected chi connectivity index (χ2v) is 5.38. The number of rotatable bonds is 4. The van der Waals surface area contributed by atoms with Crippen LogP contribution >= 0.6 is 11.6 Å². The summed E-state index contributed by atoms with van der Waals surface area (Å²) in [4.78, 5) is 14.3. The molecule has 1 amide bonds. The van der Waals surface area contributed by atoms with E-state index in [4.69, 9.17) is 11.6 Å². The van der Waals surface area contributed by atoms with E-state index in [2.05, 4.69) is 13.8 Å². The zero-order valence-electron chi connectivity index (χ0n) is 10.5. The fraction of sp³-hybridized carbons (Fsp3) is 0.923. The van der Waals surface area contributed by atoms with E-state index < -0.39 is 0 Å². The molecule has 16 heavy (non-hydrogen) atoms. The summed E-state index contributed by atoms with van der Waals surface area (Å²) in [6.07, 6.45) is 7.16. The summed E-state index contributed by atoms with van der Waals surface area (Å²) in [6.45, 7) is 4.83. The first kappa shape index (κ1) is 13.8. The van der Waals surface area contributed by atoms with Crippen LogP contribution in [0.1, 0.15) is 52.4 Å². The lowest BCUT2D eigenvalue weighted by atomic mass is 9.98. The minimum atomic E-state index is 0.258. The molecule has 0 bridgehead atoms. The van der Waals surface area contributed by atoms with E-state index in [-0.39, 0.29) is 12.0 Å². The van der Waals surface area contributed by atoms with Gasteiger partial charge in [-0.05, 0) is 26.7 Å². The van der Waals surface area contributed by atoms with Crippen molar-refractivity contribution in [2.75, 3.05) is 12.4 Å². The van der Waals surface area contributed by atoms with Crippen LogP contribution in [0.25, 0.3) is 0 Å². The van der Waals surface area contributed by atoms with E-state index in [0.717, 1.165) is 12.8 Å². The highest BCUT2D eigenvalue weighted by molar-refractivity contribution is 6.18. The Morgan fingerprint density at radius 1 is 1.25 bits per heavy atom. The van der Waals surface area contributed by atoms with Gasteiger partial charge in [0, 0.05) is 24.4 Å². The number of nitrogens with zero attached hydrogens (tertiary/aromatic N) is 1. The number of carbonyl (C=O) groups excluding carboxylic acids is 1. The van der Waals surface area contributed by atoms with Gasteiger partial charge in [-0.2, -0.15) is 0 Å². The topological polar surface area (TPSA) is 20.3 Å². The fourth-order valence-electron chi connectivity index (χ4n) is 2.47. The summed E-state index contributed by atoms with van der Waals surface area (Å²) in [6, 6.07) is 0.273. The Hall–Kier alpha value is -0.240. The van der Waals surface area contributed by atoms with Crippen molar-refractivity contribution >= 4 is 17.5 Å². The Bertz CT molecular complexity index is 210. The molecule has 2 nitrogen and oxygen atoms in total. The Balaban J connectivity index is 2.57. The maximum atomic E-state index is 12.3. The van der Waals surface area contributed by atoms with Gasteiger partial charge in [-0.15, -0.1) is 11.6 Å². The molecule has 0 N–H and O–H groups in total. The van der Waals surface area contributed by atoms with Gasteiger partial charge in [0.05, 0.1) is 0 Å². The van der Waals surface area contributed by atoms with E-state index in [0.29, 0.717) is 18.3 Å². The van der Waals surface area contributed by atoms with Crippen LogP contribution < -0.4 is 0 Å². The fourth-order valence-corrected chi connectivity index (χ4v) is 2.66. The summed E-state index contributed by atoms with van der Waals surface area (Å²) in [5, 5.41) is 0. The van der Waals surface area contributed by atoms with Gasteiger partial charge >= 0.3 is 0 Å². The second-order valence-electron chi connectivity index (χ2n) is 5.00. The molecule has 0 atom stereocenters. The van der Waals surface area contributed by atoms with Gasteiger partial charge in [-0.1, -0.05) is 25.7 Å². The van der Waals surface area contributed by atoms with Crippen LogP contribution in [-0.2, 0) is 4.79 Å². The van der Waals surface area contributed by atoms with Gasteiger partial charge < -0.3 is 4.90 Å². The third-order valence-corrected chi connectivity index (χ3v) is 3.61. The normalized spacial score (nSPS) is 18.5. The second kappa shape index (κ2) is 7.16. The molecule has 0 unspecified atom stereocenters. The molecule has 0 heterocycles. The van der Waals surface area contributed by atoms with Crippen molar-refractivity contribution in [2.24, 2.45) is 5.92 Å². The minimum Gasteiger partial charge on any atom is -0.339 e. The molecule has 0 aliphatic heterocycles. The standard InChI is InChI=1S/C13H24ClNO/c1-11(2)15(10-9-14)13(16)12-7-5-3-4-6-8-12/h11-12H,3-10H2,1-2H3. The predicted octanol–water partition coefficient (Wildman–Crippen LogP) is 3.43. The van der Waals surface area contributed by atoms with Crippen LogP contribution in [0.2, 0.25) is 0 Å². The quantitative estimate of drug-likeness (QED) is 0.549. The summed E-state index contributed by atoms with van der Waals surface area (Å²) in [5.74, 6) is 1.13. The van der Waals surface area contributed by atoms with Gasteiger partial charge in [0.1, 0.15) is 0 Å². The van der Waals surface area contributed by atoms with Crippen LogP contribution in [0.4, 0.5) is 0 Å². The smallest absolute Gasteiger partial charge is 0.225 e. The first-order chi connectivity index (χ1) is 7.66. The number of carbonyl (C=O) groups is 1. The maximum absolute atomic E-state index is 12.3. The van der Waals surface area contributed by atoms with Crippen LogP contribution in [0.15, 0.2) is 0 Å². The van der Waals surface area contributed by atoms with E-state index in [1.165, 1.54) is 25.7 Å². The summed E-state index contributed by atoms with van der Waals surface area (Å²) in [7, 11) is 0. The molecule has 0 radical (unpaired) electrons. The van der Waals surface area contributed by atoms with Crippen molar-refractivity contribution in [3.63, 3.8) is 0 Å². The predicted molar refractivity (Wildman–Crippen MR) is 68.8 cm³/mol. The summed E-state index contributed by atoms with van der Waals surface area (Å²) in [5.41, 5.74) is 0. The third-order valence-electron chi connectivity index (χ3n) is 3.44. The molecule has 0 aromatic carbocycles. The van der Waals surface area contributed by atoms with Crippen LogP contribution in [0, 0.1) is 5.92 Å². The van der Waals surface area contributed by atoms with E-state index in [1.54, 1.807) is 0 Å². The van der Waals surface area contributed by atoms with Crippen LogP contribution in [0.5, 0.6) is 0 Å². The van der Waals surface area contributed by atoms with Crippen molar-refractivity contribution in [1.29, 1.82) is 0 Å². The first-order valence-corrected chi connectivity index (χ1v) is 7.06. The number of halogens is 1. The highest BCUT2D eigenvalue weighted by atomic mass is 35.5. The van der Waals surface area contributed by atoms with Gasteiger partial charge in [0.15, 0.2) is 0 Å². The van der Waals surface area contributed by atoms with Crippen LogP contribution in [-0.4, -0.2) is 29.3 Å². The van der Waals surface area contributed by atoms with Crippen molar-refractivity contribution in [1.82, 2.24) is 4.90 Å². The Morgan fingerprint density at radius 2 is 1.81 bits per heavy atom. The van der Waals surface area contributed by atoms with Crippen LogP contribution in [0.3, 0.4) is 0 Å². The molecule has 0 aromatic rings. The lowest BCUT2D eigenvalue weighted by Crippen LogP contribution is -2.42. The number of amides is 1. The molecular weight excluding hydrogens is 222 g/mol. The van der Waals surface area contributed by atoms with Gasteiger partial charge in [0.25, 0.3) is 0 Å². The average molecular weight is 246 g/mol. The molecule has 0 spiro atoms. The highest BCUT2D eigenvalue weighted by Crippen LogP contribution is 2.25. The van der Waals surface area contributed by atoms with E-state index in [1.807, 2.05) is 4.90 Å². The van der Waals surface area contributed by atoms with Gasteiger partial charge in [-0.3, -0.25) is 4.79 Å². The molecule has 1 rings (SSSR count). The Kier molecular flexibility index (Phi) is 6.18. The van der Waals surface area contributed by atoms with Crippen molar-refractivity contribution in [3.05, 3.63) is 0 Å². The summed E-state index contributed by atoms with van der Waals surface area (Å²) < 4.78 is 0. The SMILES string of the molecule is CC(C)N(CCCl)C(=O)C1CCCCCC1. The van der Waals surface area contributed by atoms with E-state index in [9.17, 15) is 4.79 Å². The molecule has 0 saturated heterocycles. The largest absolute Gasteiger partial charge is 0.339 e. The number of hydrogen-bond donors (Lipinski definition) is 0. The number of alkyl halides is 1. The molecule has 1 aliphatic carbocycles. The molecule has 1 fully saturated rings.